The summed E-state index contributed by atoms with van der Waals surface area (Å²) in [7, 11) is 3.15. The molecule has 0 N–H and O–H groups in total. The molecule has 3 aliphatic heterocycles. The normalized spacial score (nSPS) is 19.4. The first kappa shape index (κ1) is 37.1. The van der Waals surface area contributed by atoms with Gasteiger partial charge in [0.25, 0.3) is 0 Å². The molecule has 7 rings (SSSR count). The van der Waals surface area contributed by atoms with Crippen LogP contribution in [-0.4, -0.2) is 79.8 Å². The van der Waals surface area contributed by atoms with E-state index in [9.17, 15) is 9.59 Å². The summed E-state index contributed by atoms with van der Waals surface area (Å²) in [5.41, 5.74) is 2.46. The molecule has 0 spiro atoms. The first-order valence-corrected chi connectivity index (χ1v) is 18.8. The largest absolute Gasteiger partial charge is 0.493 e. The van der Waals surface area contributed by atoms with Gasteiger partial charge >= 0.3 is 11.9 Å². The monoisotopic (exact) mass is 751 g/mol. The van der Waals surface area contributed by atoms with Crippen LogP contribution in [0.4, 0.5) is 0 Å². The lowest BCUT2D eigenvalue weighted by molar-refractivity contribution is -0.165. The highest BCUT2D eigenvalue weighted by molar-refractivity contribution is 7.13. The average molecular weight is 753 g/mol. The van der Waals surface area contributed by atoms with Gasteiger partial charge < -0.3 is 18.9 Å². The minimum Gasteiger partial charge on any atom is -0.493 e. The molecule has 3 atom stereocenters. The standard InChI is InChI=1S/C39H43Cl2N3O6S/c1-4-44(37(26-8-6-5-7-9-26)39(46)50-35-23-43-16-14-25(35)15-17-43)22-29-11-13-36(51-29)38(45)49-24-28(18-30-31(40)20-42-21-32(30)41)27-10-12-33(47-2)34(19-27)48-3/h5-13,19-21,25,28,35,37H,4,14-18,22-24H2,1-3H3/t28-,35+,37?/m1/s1. The Kier molecular flexibility index (Phi) is 12.5. The Labute approximate surface area is 313 Å². The molecule has 0 saturated carbocycles. The number of ether oxygens (including phenoxy) is 4. The number of piperidine rings is 3. The second-order valence-corrected chi connectivity index (χ2v) is 14.9. The number of esters is 2. The van der Waals surface area contributed by atoms with Crippen LogP contribution < -0.4 is 9.47 Å². The highest BCUT2D eigenvalue weighted by atomic mass is 35.5. The Morgan fingerprint density at radius 2 is 1.69 bits per heavy atom. The maximum atomic E-state index is 13.9. The van der Waals surface area contributed by atoms with E-state index in [1.54, 1.807) is 32.7 Å². The summed E-state index contributed by atoms with van der Waals surface area (Å²) in [6.45, 7) is 6.14. The van der Waals surface area contributed by atoms with Crippen LogP contribution in [-0.2, 0) is 27.2 Å². The predicted molar refractivity (Wildman–Crippen MR) is 199 cm³/mol. The van der Waals surface area contributed by atoms with E-state index in [0.29, 0.717) is 57.4 Å². The van der Waals surface area contributed by atoms with E-state index in [0.717, 1.165) is 48.5 Å². The van der Waals surface area contributed by atoms with Gasteiger partial charge in [-0.25, -0.2) is 9.59 Å². The summed E-state index contributed by atoms with van der Waals surface area (Å²) in [6.07, 6.45) is 5.56. The molecule has 2 aromatic heterocycles. The molecule has 0 radical (unpaired) electrons. The lowest BCUT2D eigenvalue weighted by Crippen LogP contribution is -2.52. The van der Waals surface area contributed by atoms with Crippen molar-refractivity contribution in [1.29, 1.82) is 0 Å². The minimum absolute atomic E-state index is 0.0686. The number of hydrogen-bond donors (Lipinski definition) is 0. The van der Waals surface area contributed by atoms with Crippen LogP contribution in [0, 0.1) is 5.92 Å². The van der Waals surface area contributed by atoms with Crippen molar-refractivity contribution < 1.29 is 28.5 Å². The highest BCUT2D eigenvalue weighted by Crippen LogP contribution is 2.36. The average Bonchev–Trinajstić information content (AvgIpc) is 3.63. The lowest BCUT2D eigenvalue weighted by Gasteiger charge is -2.44. The van der Waals surface area contributed by atoms with Crippen LogP contribution in [0.25, 0.3) is 0 Å². The van der Waals surface area contributed by atoms with Crippen LogP contribution >= 0.6 is 34.5 Å². The number of hydrogen-bond acceptors (Lipinski definition) is 10. The van der Waals surface area contributed by atoms with Gasteiger partial charge in [0.05, 0.1) is 30.9 Å². The Balaban J connectivity index is 1.16. The van der Waals surface area contributed by atoms with Crippen molar-refractivity contribution in [2.45, 2.75) is 50.8 Å². The Bertz CT molecular complexity index is 1780. The first-order valence-electron chi connectivity index (χ1n) is 17.2. The molecule has 0 amide bonds. The van der Waals surface area contributed by atoms with Crippen molar-refractivity contribution in [2.24, 2.45) is 5.92 Å². The quantitative estimate of drug-likeness (QED) is 0.113. The summed E-state index contributed by atoms with van der Waals surface area (Å²) in [6, 6.07) is 18.5. The number of thiophene rings is 1. The smallest absolute Gasteiger partial charge is 0.348 e. The van der Waals surface area contributed by atoms with Crippen LogP contribution in [0.1, 0.15) is 63.0 Å². The number of aromatic nitrogens is 1. The molecule has 1 unspecified atom stereocenters. The summed E-state index contributed by atoms with van der Waals surface area (Å²) < 4.78 is 23.2. The van der Waals surface area contributed by atoms with Crippen molar-refractivity contribution >= 4 is 46.5 Å². The molecule has 3 aliphatic rings. The van der Waals surface area contributed by atoms with Gasteiger partial charge in [-0.15, -0.1) is 11.3 Å². The van der Waals surface area contributed by atoms with Crippen molar-refractivity contribution in [3.8, 4) is 11.5 Å². The van der Waals surface area contributed by atoms with Gasteiger partial charge in [0, 0.05) is 36.3 Å². The van der Waals surface area contributed by atoms with E-state index < -0.39 is 12.0 Å². The molecule has 2 bridgehead atoms. The third kappa shape index (κ3) is 8.87. The second-order valence-electron chi connectivity index (χ2n) is 13.0. The van der Waals surface area contributed by atoms with Gasteiger partial charge in [0.2, 0.25) is 0 Å². The molecule has 5 heterocycles. The maximum absolute atomic E-state index is 13.9. The van der Waals surface area contributed by atoms with Crippen molar-refractivity contribution in [1.82, 2.24) is 14.8 Å². The zero-order valence-electron chi connectivity index (χ0n) is 29.1. The van der Waals surface area contributed by atoms with Gasteiger partial charge in [-0.3, -0.25) is 14.8 Å². The molecule has 2 aromatic carbocycles. The number of likely N-dealkylation sites (N-methyl/N-ethyl adjacent to an activating group) is 1. The van der Waals surface area contributed by atoms with Crippen LogP contribution in [0.5, 0.6) is 11.5 Å². The zero-order chi connectivity index (χ0) is 35.9. The number of pyridine rings is 1. The SMILES string of the molecule is CCN(Cc1ccc(C(=O)OC[C@@H](Cc2c(Cl)cncc2Cl)c2ccc(OC)c(OC)c2)s1)C(C(=O)O[C@H]1CN2CCC1CC2)c1ccccc1. The van der Waals surface area contributed by atoms with Gasteiger partial charge in [-0.1, -0.05) is 66.5 Å². The molecule has 4 aromatic rings. The second kappa shape index (κ2) is 17.2. The molecule has 3 saturated heterocycles. The number of fused-ring (bicyclic) bond motifs is 3. The molecule has 12 heteroatoms. The van der Waals surface area contributed by atoms with E-state index in [4.69, 9.17) is 42.1 Å². The van der Waals surface area contributed by atoms with Gasteiger partial charge in [-0.05, 0) is 85.8 Å². The lowest BCUT2D eigenvalue weighted by atomic mass is 9.86. The van der Waals surface area contributed by atoms with Crippen molar-refractivity contribution in [3.63, 3.8) is 0 Å². The Morgan fingerprint density at radius 1 is 0.961 bits per heavy atom. The van der Waals surface area contributed by atoms with Gasteiger partial charge in [-0.2, -0.15) is 0 Å². The molecule has 0 aliphatic carbocycles. The van der Waals surface area contributed by atoms with E-state index in [-0.39, 0.29) is 24.6 Å². The topological polar surface area (TPSA) is 90.4 Å². The highest BCUT2D eigenvalue weighted by Gasteiger charge is 2.39. The van der Waals surface area contributed by atoms with Gasteiger partial charge in [0.15, 0.2) is 11.5 Å². The third-order valence-corrected chi connectivity index (χ3v) is 11.6. The Morgan fingerprint density at radius 3 is 2.33 bits per heavy atom. The fourth-order valence-electron chi connectivity index (χ4n) is 7.05. The molecular weight excluding hydrogens is 709 g/mol. The van der Waals surface area contributed by atoms with E-state index >= 15 is 0 Å². The number of rotatable bonds is 15. The molecule has 51 heavy (non-hydrogen) atoms. The Hall–Kier alpha value is -3.67. The van der Waals surface area contributed by atoms with Crippen LogP contribution in [0.15, 0.2) is 73.1 Å². The predicted octanol–water partition coefficient (Wildman–Crippen LogP) is 7.85. The molecular formula is C39H43Cl2N3O6S. The number of carbonyl (C=O) groups is 2. The van der Waals surface area contributed by atoms with E-state index in [1.165, 1.54) is 11.3 Å². The fourth-order valence-corrected chi connectivity index (χ4v) is 8.50. The van der Waals surface area contributed by atoms with E-state index in [2.05, 4.69) is 14.8 Å². The molecule has 270 valence electrons. The number of nitrogens with zero attached hydrogens (tertiary/aromatic N) is 3. The number of methoxy groups -OCH3 is 2. The number of halogens is 2. The summed E-state index contributed by atoms with van der Waals surface area (Å²) in [5, 5.41) is 0.869. The van der Waals surface area contributed by atoms with Crippen LogP contribution in [0.2, 0.25) is 10.0 Å². The molecule has 9 nitrogen and oxygen atoms in total. The van der Waals surface area contributed by atoms with Gasteiger partial charge in [0.1, 0.15) is 17.0 Å². The van der Waals surface area contributed by atoms with E-state index in [1.807, 2.05) is 61.5 Å². The minimum atomic E-state index is -0.571. The summed E-state index contributed by atoms with van der Waals surface area (Å²) in [4.78, 5) is 37.4. The fraction of sp³-hybridized carbons (Fsp3) is 0.410. The third-order valence-electron chi connectivity index (χ3n) is 9.89. The number of carbonyl (C=O) groups excluding carboxylic acids is 2. The number of benzene rings is 2. The summed E-state index contributed by atoms with van der Waals surface area (Å²) in [5.74, 6) is 0.604. The zero-order valence-corrected chi connectivity index (χ0v) is 31.4. The van der Waals surface area contributed by atoms with Crippen LogP contribution in [0.3, 0.4) is 0 Å². The van der Waals surface area contributed by atoms with Crippen molar-refractivity contribution in [3.05, 3.63) is 110 Å². The maximum Gasteiger partial charge on any atom is 0.348 e. The first-order chi connectivity index (χ1) is 24.8. The van der Waals surface area contributed by atoms with Crippen molar-refractivity contribution in [2.75, 3.05) is 47.0 Å². The summed E-state index contributed by atoms with van der Waals surface area (Å²) >= 11 is 14.3. The molecule has 3 fully saturated rings.